The Kier molecular flexibility index (Phi) is 7.98. The maximum atomic E-state index is 11.6. The number of hydrogen-bond donors (Lipinski definition) is 2. The van der Waals surface area contributed by atoms with E-state index in [0.717, 1.165) is 0 Å². The smallest absolute Gasteiger partial charge is 0.239 e. The van der Waals surface area contributed by atoms with Crippen LogP contribution in [0.3, 0.4) is 0 Å². The molecule has 0 aromatic carbocycles. The normalized spacial score (nSPS) is 11.4. The van der Waals surface area contributed by atoms with E-state index in [1.54, 1.807) is 19.1 Å². The van der Waals surface area contributed by atoms with Gasteiger partial charge in [-0.15, -0.1) is 12.4 Å². The van der Waals surface area contributed by atoms with E-state index >= 15 is 0 Å². The second-order valence-corrected chi connectivity index (χ2v) is 4.27. The van der Waals surface area contributed by atoms with E-state index < -0.39 is 6.04 Å². The molecule has 1 unspecified atom stereocenters. The van der Waals surface area contributed by atoms with Crippen molar-refractivity contribution >= 4 is 24.1 Å². The Morgan fingerprint density at radius 2 is 2.10 bits per heavy atom. The molecule has 112 valence electrons. The van der Waals surface area contributed by atoms with Crippen molar-refractivity contribution in [2.75, 3.05) is 13.7 Å². The first kappa shape index (κ1) is 18.5. The molecule has 0 aliphatic rings. The second-order valence-electron chi connectivity index (χ2n) is 4.27. The summed E-state index contributed by atoms with van der Waals surface area (Å²) in [6.45, 7) is 3.70. The van der Waals surface area contributed by atoms with Crippen LogP contribution in [0.5, 0.6) is 0 Å². The summed E-state index contributed by atoms with van der Waals surface area (Å²) in [6, 6.07) is 2.73. The number of Topliss-reactive ketones (excluding diaryl/α,β-unsaturated/α-hetero) is 1. The fourth-order valence-electron chi connectivity index (χ4n) is 1.65. The van der Waals surface area contributed by atoms with Crippen LogP contribution >= 0.6 is 12.4 Å². The van der Waals surface area contributed by atoms with Crippen LogP contribution < -0.4 is 11.1 Å². The van der Waals surface area contributed by atoms with E-state index in [9.17, 15) is 9.59 Å². The molecule has 0 bridgehead atoms. The van der Waals surface area contributed by atoms with Crippen LogP contribution in [0.1, 0.15) is 28.7 Å². The number of nitrogens with one attached hydrogen (secondary N) is 1. The fourth-order valence-corrected chi connectivity index (χ4v) is 1.65. The number of pyridine rings is 1. The van der Waals surface area contributed by atoms with Crippen molar-refractivity contribution in [3.8, 4) is 0 Å². The van der Waals surface area contributed by atoms with Gasteiger partial charge in [0.25, 0.3) is 0 Å². The molecule has 0 radical (unpaired) electrons. The lowest BCUT2D eigenvalue weighted by Gasteiger charge is -2.11. The van der Waals surface area contributed by atoms with Gasteiger partial charge in [0, 0.05) is 18.4 Å². The molecule has 7 heteroatoms. The number of halogens is 1. The quantitative estimate of drug-likeness (QED) is 0.751. The van der Waals surface area contributed by atoms with Crippen molar-refractivity contribution in [2.45, 2.75) is 26.4 Å². The minimum Gasteiger partial charge on any atom is -0.383 e. The summed E-state index contributed by atoms with van der Waals surface area (Å²) in [6.07, 6.45) is 0. The number of rotatable bonds is 6. The first-order valence-corrected chi connectivity index (χ1v) is 5.95. The zero-order valence-corrected chi connectivity index (χ0v) is 12.6. The molecule has 0 saturated carbocycles. The Balaban J connectivity index is 0.00000361. The Hall–Kier alpha value is -1.50. The maximum Gasteiger partial charge on any atom is 0.239 e. The molecule has 3 N–H and O–H groups in total. The van der Waals surface area contributed by atoms with Crippen LogP contribution in [-0.2, 0) is 16.1 Å². The number of nitrogens with two attached hydrogens (primary N) is 1. The Morgan fingerprint density at radius 1 is 1.45 bits per heavy atom. The van der Waals surface area contributed by atoms with Gasteiger partial charge in [-0.1, -0.05) is 0 Å². The number of ether oxygens (including phenoxy) is 1. The average molecular weight is 302 g/mol. The molecular formula is C13H20ClN3O3. The van der Waals surface area contributed by atoms with Crippen LogP contribution in [0.4, 0.5) is 0 Å². The van der Waals surface area contributed by atoms with Crippen LogP contribution in [0.2, 0.25) is 0 Å². The highest BCUT2D eigenvalue weighted by Crippen LogP contribution is 2.07. The number of carbonyl (C=O) groups is 2. The summed E-state index contributed by atoms with van der Waals surface area (Å²) in [4.78, 5) is 27.1. The van der Waals surface area contributed by atoms with Crippen LogP contribution in [0, 0.1) is 6.92 Å². The summed E-state index contributed by atoms with van der Waals surface area (Å²) in [5.74, 6) is -0.320. The molecule has 1 aromatic heterocycles. The third kappa shape index (κ3) is 5.24. The predicted octanol–water partition coefficient (Wildman–Crippen LogP) is 0.604. The molecule has 0 fully saturated rings. The summed E-state index contributed by atoms with van der Waals surface area (Å²) in [7, 11) is 1.48. The van der Waals surface area contributed by atoms with Gasteiger partial charge in [-0.2, -0.15) is 0 Å². The first-order chi connectivity index (χ1) is 8.95. The lowest BCUT2D eigenvalue weighted by Crippen LogP contribution is -2.43. The highest BCUT2D eigenvalue weighted by molar-refractivity contribution is 5.95. The van der Waals surface area contributed by atoms with Gasteiger partial charge in [0.05, 0.1) is 18.8 Å². The van der Waals surface area contributed by atoms with Gasteiger partial charge < -0.3 is 15.8 Å². The molecule has 0 aliphatic heterocycles. The zero-order valence-electron chi connectivity index (χ0n) is 11.8. The topological polar surface area (TPSA) is 94.3 Å². The Bertz CT molecular complexity index is 480. The van der Waals surface area contributed by atoms with Crippen molar-refractivity contribution in [3.63, 3.8) is 0 Å². The van der Waals surface area contributed by atoms with E-state index in [1.807, 2.05) is 0 Å². The number of ketones is 1. The predicted molar refractivity (Wildman–Crippen MR) is 77.9 cm³/mol. The van der Waals surface area contributed by atoms with Gasteiger partial charge in [-0.3, -0.25) is 14.6 Å². The molecule has 0 saturated heterocycles. The molecule has 1 heterocycles. The largest absolute Gasteiger partial charge is 0.383 e. The molecule has 1 rings (SSSR count). The summed E-state index contributed by atoms with van der Waals surface area (Å²) < 4.78 is 4.80. The number of aromatic nitrogens is 1. The number of hydrogen-bond acceptors (Lipinski definition) is 5. The zero-order chi connectivity index (χ0) is 14.4. The Labute approximate surface area is 124 Å². The van der Waals surface area contributed by atoms with Gasteiger partial charge in [0.15, 0.2) is 5.78 Å². The van der Waals surface area contributed by atoms with Gasteiger partial charge in [-0.25, -0.2) is 0 Å². The van der Waals surface area contributed by atoms with Crippen molar-refractivity contribution in [1.29, 1.82) is 0 Å². The minimum atomic E-state index is -0.692. The second kappa shape index (κ2) is 8.63. The highest BCUT2D eigenvalue weighted by Gasteiger charge is 2.13. The monoisotopic (exact) mass is 301 g/mol. The molecule has 1 amide bonds. The van der Waals surface area contributed by atoms with Crippen molar-refractivity contribution < 1.29 is 14.3 Å². The van der Waals surface area contributed by atoms with Crippen molar-refractivity contribution in [1.82, 2.24) is 10.3 Å². The fraction of sp³-hybridized carbons (Fsp3) is 0.462. The standard InChI is InChI=1S/C13H19N3O3.ClH/c1-8-11(9(2)17)5-4-10(16-8)6-15-13(18)12(14)7-19-3;/h4-5,12H,6-7,14H2,1-3H3,(H,15,18);1H. The van der Waals surface area contributed by atoms with Gasteiger partial charge in [0.2, 0.25) is 5.91 Å². The number of carbonyl (C=O) groups excluding carboxylic acids is 2. The Morgan fingerprint density at radius 3 is 2.60 bits per heavy atom. The first-order valence-electron chi connectivity index (χ1n) is 5.95. The highest BCUT2D eigenvalue weighted by atomic mass is 35.5. The lowest BCUT2D eigenvalue weighted by molar-refractivity contribution is -0.123. The molecule has 20 heavy (non-hydrogen) atoms. The van der Waals surface area contributed by atoms with Crippen molar-refractivity contribution in [3.05, 3.63) is 29.1 Å². The molecule has 1 atom stereocenters. The summed E-state index contributed by atoms with van der Waals surface area (Å²) >= 11 is 0. The van der Waals surface area contributed by atoms with Crippen LogP contribution in [0.15, 0.2) is 12.1 Å². The molecule has 1 aromatic rings. The molecule has 6 nitrogen and oxygen atoms in total. The lowest BCUT2D eigenvalue weighted by atomic mass is 10.1. The molecular weight excluding hydrogens is 282 g/mol. The average Bonchev–Trinajstić information content (AvgIpc) is 2.35. The number of amides is 1. The third-order valence-electron chi connectivity index (χ3n) is 2.65. The summed E-state index contributed by atoms with van der Waals surface area (Å²) in [5, 5.41) is 2.67. The van der Waals surface area contributed by atoms with Gasteiger partial charge >= 0.3 is 0 Å². The van der Waals surface area contributed by atoms with Crippen LogP contribution in [0.25, 0.3) is 0 Å². The van der Waals surface area contributed by atoms with E-state index in [2.05, 4.69) is 10.3 Å². The number of aryl methyl sites for hydroxylation is 1. The van der Waals surface area contributed by atoms with Gasteiger partial charge in [-0.05, 0) is 26.0 Å². The number of methoxy groups -OCH3 is 1. The SMILES string of the molecule is COCC(N)C(=O)NCc1ccc(C(C)=O)c(C)n1.Cl. The van der Waals surface area contributed by atoms with Crippen molar-refractivity contribution in [2.24, 2.45) is 5.73 Å². The maximum absolute atomic E-state index is 11.6. The minimum absolute atomic E-state index is 0. The van der Waals surface area contributed by atoms with E-state index in [1.165, 1.54) is 14.0 Å². The third-order valence-corrected chi connectivity index (χ3v) is 2.65. The molecule has 0 aliphatic carbocycles. The van der Waals surface area contributed by atoms with E-state index in [-0.39, 0.29) is 37.2 Å². The van der Waals surface area contributed by atoms with Crippen LogP contribution in [-0.4, -0.2) is 36.4 Å². The van der Waals surface area contributed by atoms with Gasteiger partial charge in [0.1, 0.15) is 6.04 Å². The summed E-state index contributed by atoms with van der Waals surface area (Å²) in [5.41, 5.74) is 7.51. The van der Waals surface area contributed by atoms with E-state index in [4.69, 9.17) is 10.5 Å². The molecule has 0 spiro atoms. The van der Waals surface area contributed by atoms with E-state index in [0.29, 0.717) is 17.0 Å². The number of nitrogens with zero attached hydrogens (tertiary/aromatic N) is 1.